The third-order valence-electron chi connectivity index (χ3n) is 2.85. The molecule has 0 N–H and O–H groups in total. The number of nitrogens with zero attached hydrogens (tertiary/aromatic N) is 3. The largest absolute Gasteiger partial charge is 0.497 e. The highest BCUT2D eigenvalue weighted by atomic mass is 35.5. The minimum Gasteiger partial charge on any atom is -0.497 e. The SMILES string of the molecule is COc1ccc(CN(C)c2ncncc2CCl)cc1. The molecule has 1 aromatic heterocycles. The van der Waals surface area contributed by atoms with E-state index >= 15 is 0 Å². The Morgan fingerprint density at radius 2 is 2.00 bits per heavy atom. The summed E-state index contributed by atoms with van der Waals surface area (Å²) in [5.41, 5.74) is 2.11. The van der Waals surface area contributed by atoms with Gasteiger partial charge in [0.15, 0.2) is 0 Å². The maximum absolute atomic E-state index is 5.90. The maximum Gasteiger partial charge on any atom is 0.136 e. The second-order valence-electron chi connectivity index (χ2n) is 4.21. The second-order valence-corrected chi connectivity index (χ2v) is 4.48. The fourth-order valence-electron chi connectivity index (χ4n) is 1.87. The number of anilines is 1. The van der Waals surface area contributed by atoms with Crippen LogP contribution in [0.2, 0.25) is 0 Å². The Morgan fingerprint density at radius 1 is 1.26 bits per heavy atom. The maximum atomic E-state index is 5.90. The molecule has 0 radical (unpaired) electrons. The lowest BCUT2D eigenvalue weighted by Crippen LogP contribution is -2.19. The number of halogens is 1. The number of rotatable bonds is 5. The predicted molar refractivity (Wildman–Crippen MR) is 76.7 cm³/mol. The minimum absolute atomic E-state index is 0.406. The molecule has 0 saturated carbocycles. The molecule has 0 atom stereocenters. The van der Waals surface area contributed by atoms with Crippen molar-refractivity contribution < 1.29 is 4.74 Å². The molecule has 1 heterocycles. The van der Waals surface area contributed by atoms with Crippen LogP contribution in [0.25, 0.3) is 0 Å². The minimum atomic E-state index is 0.406. The number of methoxy groups -OCH3 is 1. The van der Waals surface area contributed by atoms with E-state index in [0.29, 0.717) is 5.88 Å². The summed E-state index contributed by atoms with van der Waals surface area (Å²) in [6, 6.07) is 7.98. The third-order valence-corrected chi connectivity index (χ3v) is 3.14. The van der Waals surface area contributed by atoms with Crippen molar-refractivity contribution in [2.45, 2.75) is 12.4 Å². The van der Waals surface area contributed by atoms with Gasteiger partial charge < -0.3 is 9.64 Å². The summed E-state index contributed by atoms with van der Waals surface area (Å²) in [7, 11) is 3.65. The lowest BCUT2D eigenvalue weighted by atomic mass is 10.2. The molecule has 2 rings (SSSR count). The van der Waals surface area contributed by atoms with Gasteiger partial charge in [0.1, 0.15) is 17.9 Å². The molecular weight excluding hydrogens is 262 g/mol. The Bertz CT molecular complexity index is 530. The number of ether oxygens (including phenoxy) is 1. The molecule has 100 valence electrons. The van der Waals surface area contributed by atoms with Crippen molar-refractivity contribution in [2.75, 3.05) is 19.1 Å². The van der Waals surface area contributed by atoms with E-state index in [1.807, 2.05) is 31.3 Å². The Balaban J connectivity index is 2.13. The first kappa shape index (κ1) is 13.6. The molecule has 0 fully saturated rings. The van der Waals surface area contributed by atoms with Crippen molar-refractivity contribution in [3.63, 3.8) is 0 Å². The van der Waals surface area contributed by atoms with E-state index in [2.05, 4.69) is 14.9 Å². The van der Waals surface area contributed by atoms with Crippen molar-refractivity contribution in [3.8, 4) is 5.75 Å². The van der Waals surface area contributed by atoms with Crippen LogP contribution in [0.4, 0.5) is 5.82 Å². The van der Waals surface area contributed by atoms with Crippen LogP contribution in [0, 0.1) is 0 Å². The smallest absolute Gasteiger partial charge is 0.136 e. The number of alkyl halides is 1. The molecule has 19 heavy (non-hydrogen) atoms. The second kappa shape index (κ2) is 6.38. The molecule has 0 aliphatic heterocycles. The lowest BCUT2D eigenvalue weighted by molar-refractivity contribution is 0.414. The fraction of sp³-hybridized carbons (Fsp3) is 0.286. The zero-order valence-electron chi connectivity index (χ0n) is 11.0. The Kier molecular flexibility index (Phi) is 4.58. The summed E-state index contributed by atoms with van der Waals surface area (Å²) in [6.07, 6.45) is 3.29. The molecule has 0 spiro atoms. The molecule has 2 aromatic rings. The highest BCUT2D eigenvalue weighted by Crippen LogP contribution is 2.19. The molecule has 0 amide bonds. The van der Waals surface area contributed by atoms with Crippen molar-refractivity contribution in [3.05, 3.63) is 47.9 Å². The summed E-state index contributed by atoms with van der Waals surface area (Å²) in [5, 5.41) is 0. The van der Waals surface area contributed by atoms with Gasteiger partial charge in [0.2, 0.25) is 0 Å². The zero-order valence-corrected chi connectivity index (χ0v) is 11.8. The zero-order chi connectivity index (χ0) is 13.7. The molecule has 0 bridgehead atoms. The molecule has 0 aliphatic rings. The first-order chi connectivity index (χ1) is 9.24. The summed E-state index contributed by atoms with van der Waals surface area (Å²) in [6.45, 7) is 0.755. The van der Waals surface area contributed by atoms with Gasteiger partial charge in [-0.2, -0.15) is 0 Å². The van der Waals surface area contributed by atoms with E-state index in [-0.39, 0.29) is 0 Å². The van der Waals surface area contributed by atoms with Crippen LogP contribution < -0.4 is 9.64 Å². The standard InChI is InChI=1S/C14H16ClN3O/c1-18(14-12(7-15)8-16-10-17-14)9-11-3-5-13(19-2)6-4-11/h3-6,8,10H,7,9H2,1-2H3. The van der Waals surface area contributed by atoms with Gasteiger partial charge in [-0.15, -0.1) is 11.6 Å². The predicted octanol–water partition coefficient (Wildman–Crippen LogP) is 2.86. The Hall–Kier alpha value is -1.81. The number of aromatic nitrogens is 2. The summed E-state index contributed by atoms with van der Waals surface area (Å²) in [5.74, 6) is 2.12. The van der Waals surface area contributed by atoms with E-state index in [1.54, 1.807) is 13.3 Å². The van der Waals surface area contributed by atoms with E-state index in [9.17, 15) is 0 Å². The van der Waals surface area contributed by atoms with Crippen LogP contribution >= 0.6 is 11.6 Å². The Morgan fingerprint density at radius 3 is 2.63 bits per heavy atom. The molecular formula is C14H16ClN3O. The first-order valence-electron chi connectivity index (χ1n) is 5.93. The average Bonchev–Trinajstić information content (AvgIpc) is 2.48. The van der Waals surface area contributed by atoms with Crippen molar-refractivity contribution >= 4 is 17.4 Å². The normalized spacial score (nSPS) is 10.3. The van der Waals surface area contributed by atoms with Crippen LogP contribution in [0.5, 0.6) is 5.75 Å². The van der Waals surface area contributed by atoms with Crippen LogP contribution in [-0.2, 0) is 12.4 Å². The summed E-state index contributed by atoms with van der Waals surface area (Å²) >= 11 is 5.90. The topological polar surface area (TPSA) is 38.2 Å². The van der Waals surface area contributed by atoms with Gasteiger partial charge in [0.05, 0.1) is 13.0 Å². The number of benzene rings is 1. The van der Waals surface area contributed by atoms with Crippen molar-refractivity contribution in [2.24, 2.45) is 0 Å². The van der Waals surface area contributed by atoms with Gasteiger partial charge in [-0.1, -0.05) is 12.1 Å². The van der Waals surface area contributed by atoms with Crippen LogP contribution in [0.15, 0.2) is 36.8 Å². The van der Waals surface area contributed by atoms with Gasteiger partial charge in [-0.25, -0.2) is 9.97 Å². The number of hydrogen-bond donors (Lipinski definition) is 0. The molecule has 4 nitrogen and oxygen atoms in total. The molecule has 0 unspecified atom stereocenters. The Labute approximate surface area is 118 Å². The highest BCUT2D eigenvalue weighted by Gasteiger charge is 2.09. The highest BCUT2D eigenvalue weighted by molar-refractivity contribution is 6.17. The van der Waals surface area contributed by atoms with E-state index in [4.69, 9.17) is 16.3 Å². The van der Waals surface area contributed by atoms with E-state index in [0.717, 1.165) is 23.7 Å². The first-order valence-corrected chi connectivity index (χ1v) is 6.47. The molecule has 1 aromatic carbocycles. The van der Waals surface area contributed by atoms with Gasteiger partial charge >= 0.3 is 0 Å². The van der Waals surface area contributed by atoms with E-state index in [1.165, 1.54) is 11.9 Å². The third kappa shape index (κ3) is 3.35. The average molecular weight is 278 g/mol. The molecule has 5 heteroatoms. The summed E-state index contributed by atoms with van der Waals surface area (Å²) < 4.78 is 5.14. The molecule has 0 aliphatic carbocycles. The monoisotopic (exact) mass is 277 g/mol. The van der Waals surface area contributed by atoms with Crippen LogP contribution in [0.1, 0.15) is 11.1 Å². The molecule has 0 saturated heterocycles. The quantitative estimate of drug-likeness (QED) is 0.788. The lowest BCUT2D eigenvalue weighted by Gasteiger charge is -2.20. The van der Waals surface area contributed by atoms with Crippen LogP contribution in [0.3, 0.4) is 0 Å². The van der Waals surface area contributed by atoms with Crippen molar-refractivity contribution in [1.82, 2.24) is 9.97 Å². The number of hydrogen-bond acceptors (Lipinski definition) is 4. The fourth-order valence-corrected chi connectivity index (χ4v) is 2.06. The van der Waals surface area contributed by atoms with Gasteiger partial charge in [0, 0.05) is 25.4 Å². The summed E-state index contributed by atoms with van der Waals surface area (Å²) in [4.78, 5) is 10.3. The van der Waals surface area contributed by atoms with Gasteiger partial charge in [-0.05, 0) is 17.7 Å². The van der Waals surface area contributed by atoms with E-state index < -0.39 is 0 Å². The van der Waals surface area contributed by atoms with Crippen LogP contribution in [-0.4, -0.2) is 24.1 Å². The van der Waals surface area contributed by atoms with Gasteiger partial charge in [0.25, 0.3) is 0 Å². The van der Waals surface area contributed by atoms with Gasteiger partial charge in [-0.3, -0.25) is 0 Å². The van der Waals surface area contributed by atoms with Crippen molar-refractivity contribution in [1.29, 1.82) is 0 Å².